The molecule has 0 aliphatic carbocycles. The molecule has 0 radical (unpaired) electrons. The van der Waals surface area contributed by atoms with E-state index >= 15 is 0 Å². The maximum Gasteiger partial charge on any atom is 0.408 e. The van der Waals surface area contributed by atoms with Crippen LogP contribution in [0.4, 0.5) is 10.5 Å². The zero-order valence-corrected chi connectivity index (χ0v) is 22.8. The van der Waals surface area contributed by atoms with Crippen molar-refractivity contribution in [3.63, 3.8) is 0 Å². The highest BCUT2D eigenvalue weighted by atomic mass is 16.6. The summed E-state index contributed by atoms with van der Waals surface area (Å²) in [5.74, 6) is -0.809. The molecule has 2 aromatic rings. The number of amides is 3. The number of anilines is 1. The van der Waals surface area contributed by atoms with Crippen molar-refractivity contribution in [3.05, 3.63) is 65.2 Å². The average molecular weight is 496 g/mol. The molecule has 0 saturated carbocycles. The molecule has 0 saturated heterocycles. The van der Waals surface area contributed by atoms with Crippen LogP contribution in [-0.2, 0) is 14.3 Å². The number of ether oxygens (including phenoxy) is 1. The number of aryl methyl sites for hydroxylation is 2. The number of likely N-dealkylation sites (N-methyl/N-ethyl adjacent to an activating group) is 1. The van der Waals surface area contributed by atoms with Crippen LogP contribution in [0.1, 0.15) is 70.7 Å². The Labute approximate surface area is 215 Å². The number of benzene rings is 2. The van der Waals surface area contributed by atoms with Gasteiger partial charge in [0.05, 0.1) is 0 Å². The molecule has 0 fully saturated rings. The minimum absolute atomic E-state index is 0.170. The standard InChI is InChI=1S/C29H41N3O4/c1-9-19(3)24(31-28(35)36-29(6,7)8)27(34)32(10-2)25(22-17-13-11-15-20(22)4)26(33)30-23-18-14-12-16-21(23)5/h11-19,24-25H,9-10H2,1-8H3,(H,30,33)(H,31,35). The second-order valence-corrected chi connectivity index (χ2v) is 10.2. The van der Waals surface area contributed by atoms with E-state index in [0.717, 1.165) is 16.7 Å². The van der Waals surface area contributed by atoms with Gasteiger partial charge in [-0.2, -0.15) is 0 Å². The largest absolute Gasteiger partial charge is 0.444 e. The summed E-state index contributed by atoms with van der Waals surface area (Å²) in [5.41, 5.74) is 2.55. The summed E-state index contributed by atoms with van der Waals surface area (Å²) >= 11 is 0. The fourth-order valence-electron chi connectivity index (χ4n) is 4.02. The van der Waals surface area contributed by atoms with Crippen molar-refractivity contribution < 1.29 is 19.1 Å². The number of para-hydroxylation sites is 1. The lowest BCUT2D eigenvalue weighted by molar-refractivity contribution is -0.141. The van der Waals surface area contributed by atoms with Crippen molar-refractivity contribution in [1.29, 1.82) is 0 Å². The summed E-state index contributed by atoms with van der Waals surface area (Å²) in [6.07, 6.45) is 0.00258. The Morgan fingerprint density at radius 3 is 2.06 bits per heavy atom. The lowest BCUT2D eigenvalue weighted by atomic mass is 9.94. The second-order valence-electron chi connectivity index (χ2n) is 10.2. The molecule has 0 aromatic heterocycles. The molecule has 196 valence electrons. The summed E-state index contributed by atoms with van der Waals surface area (Å²) in [7, 11) is 0. The number of rotatable bonds is 9. The third-order valence-electron chi connectivity index (χ3n) is 6.22. The summed E-state index contributed by atoms with van der Waals surface area (Å²) in [4.78, 5) is 42.0. The van der Waals surface area contributed by atoms with Gasteiger partial charge in [-0.1, -0.05) is 62.7 Å². The molecule has 3 unspecified atom stereocenters. The van der Waals surface area contributed by atoms with Gasteiger partial charge in [0.2, 0.25) is 5.91 Å². The maximum atomic E-state index is 14.0. The van der Waals surface area contributed by atoms with Crippen molar-refractivity contribution >= 4 is 23.6 Å². The molecule has 2 rings (SSSR count). The number of alkyl carbamates (subject to hydrolysis) is 1. The average Bonchev–Trinajstić information content (AvgIpc) is 2.81. The Morgan fingerprint density at radius 1 is 0.944 bits per heavy atom. The molecule has 0 aliphatic heterocycles. The monoisotopic (exact) mass is 495 g/mol. The molecule has 0 spiro atoms. The Hall–Kier alpha value is -3.35. The molecule has 7 heteroatoms. The summed E-state index contributed by atoms with van der Waals surface area (Å²) in [5, 5.41) is 5.79. The quantitative estimate of drug-likeness (QED) is 0.462. The van der Waals surface area contributed by atoms with Crippen LogP contribution >= 0.6 is 0 Å². The van der Waals surface area contributed by atoms with Crippen LogP contribution in [0.2, 0.25) is 0 Å². The van der Waals surface area contributed by atoms with E-state index in [1.165, 1.54) is 0 Å². The molecule has 0 heterocycles. The van der Waals surface area contributed by atoms with Crippen LogP contribution < -0.4 is 10.6 Å². The lowest BCUT2D eigenvalue weighted by Crippen LogP contribution is -2.54. The highest BCUT2D eigenvalue weighted by Crippen LogP contribution is 2.28. The Balaban J connectivity index is 2.49. The van der Waals surface area contributed by atoms with Crippen molar-refractivity contribution in [2.24, 2.45) is 5.92 Å². The zero-order chi connectivity index (χ0) is 27.0. The van der Waals surface area contributed by atoms with Gasteiger partial charge >= 0.3 is 6.09 Å². The number of hydrogen-bond donors (Lipinski definition) is 2. The van der Waals surface area contributed by atoms with Crippen LogP contribution in [0.15, 0.2) is 48.5 Å². The van der Waals surface area contributed by atoms with E-state index in [-0.39, 0.29) is 24.3 Å². The maximum absolute atomic E-state index is 14.0. The first-order valence-electron chi connectivity index (χ1n) is 12.6. The Morgan fingerprint density at radius 2 is 1.53 bits per heavy atom. The molecular weight excluding hydrogens is 454 g/mol. The first kappa shape index (κ1) is 28.9. The van der Waals surface area contributed by atoms with Gasteiger partial charge in [-0.15, -0.1) is 0 Å². The topological polar surface area (TPSA) is 87.7 Å². The molecule has 0 bridgehead atoms. The highest BCUT2D eigenvalue weighted by molar-refractivity contribution is 5.99. The molecule has 3 atom stereocenters. The number of nitrogens with one attached hydrogen (secondary N) is 2. The number of nitrogens with zero attached hydrogens (tertiary/aromatic N) is 1. The van der Waals surface area contributed by atoms with E-state index < -0.39 is 23.8 Å². The van der Waals surface area contributed by atoms with Gasteiger partial charge in [0.15, 0.2) is 0 Å². The molecule has 7 nitrogen and oxygen atoms in total. The van der Waals surface area contributed by atoms with E-state index in [9.17, 15) is 14.4 Å². The number of carbonyl (C=O) groups excluding carboxylic acids is 3. The second kappa shape index (κ2) is 12.6. The Kier molecular flexibility index (Phi) is 10.1. The van der Waals surface area contributed by atoms with E-state index in [1.807, 2.05) is 83.1 Å². The van der Waals surface area contributed by atoms with Gasteiger partial charge in [-0.25, -0.2) is 4.79 Å². The van der Waals surface area contributed by atoms with Crippen LogP contribution in [0.25, 0.3) is 0 Å². The van der Waals surface area contributed by atoms with Gasteiger partial charge in [-0.3, -0.25) is 9.59 Å². The fraction of sp³-hybridized carbons (Fsp3) is 0.483. The van der Waals surface area contributed by atoms with Gasteiger partial charge in [0.1, 0.15) is 17.7 Å². The highest BCUT2D eigenvalue weighted by Gasteiger charge is 2.38. The molecule has 2 N–H and O–H groups in total. The van der Waals surface area contributed by atoms with Gasteiger partial charge < -0.3 is 20.3 Å². The summed E-state index contributed by atoms with van der Waals surface area (Å²) in [6, 6.07) is 13.4. The van der Waals surface area contributed by atoms with Crippen molar-refractivity contribution in [3.8, 4) is 0 Å². The minimum Gasteiger partial charge on any atom is -0.444 e. The van der Waals surface area contributed by atoms with E-state index in [1.54, 1.807) is 25.7 Å². The smallest absolute Gasteiger partial charge is 0.408 e. The molecular formula is C29H41N3O4. The summed E-state index contributed by atoms with van der Waals surface area (Å²) in [6.45, 7) is 15.1. The zero-order valence-electron chi connectivity index (χ0n) is 22.8. The van der Waals surface area contributed by atoms with Gasteiger partial charge in [-0.05, 0) is 70.2 Å². The van der Waals surface area contributed by atoms with E-state index in [0.29, 0.717) is 12.1 Å². The molecule has 3 amide bonds. The number of hydrogen-bond acceptors (Lipinski definition) is 4. The first-order chi connectivity index (χ1) is 16.9. The first-order valence-corrected chi connectivity index (χ1v) is 12.6. The normalized spacial score (nSPS) is 13.8. The summed E-state index contributed by atoms with van der Waals surface area (Å²) < 4.78 is 5.43. The van der Waals surface area contributed by atoms with Crippen molar-refractivity contribution in [2.45, 2.75) is 79.5 Å². The third kappa shape index (κ3) is 7.57. The van der Waals surface area contributed by atoms with Crippen LogP contribution in [0.3, 0.4) is 0 Å². The number of carbonyl (C=O) groups is 3. The van der Waals surface area contributed by atoms with Gasteiger partial charge in [0.25, 0.3) is 5.91 Å². The molecule has 0 aliphatic rings. The van der Waals surface area contributed by atoms with Gasteiger partial charge in [0, 0.05) is 12.2 Å². The van der Waals surface area contributed by atoms with Crippen LogP contribution in [0, 0.1) is 19.8 Å². The van der Waals surface area contributed by atoms with Crippen molar-refractivity contribution in [1.82, 2.24) is 10.2 Å². The Bertz CT molecular complexity index is 1060. The van der Waals surface area contributed by atoms with Crippen LogP contribution in [-0.4, -0.2) is 41.0 Å². The molecule has 36 heavy (non-hydrogen) atoms. The fourth-order valence-corrected chi connectivity index (χ4v) is 4.02. The molecule has 2 aromatic carbocycles. The predicted octanol–water partition coefficient (Wildman–Crippen LogP) is 5.77. The lowest BCUT2D eigenvalue weighted by Gasteiger charge is -2.36. The minimum atomic E-state index is -0.879. The van der Waals surface area contributed by atoms with E-state index in [4.69, 9.17) is 4.74 Å². The van der Waals surface area contributed by atoms with Crippen molar-refractivity contribution in [2.75, 3.05) is 11.9 Å². The predicted molar refractivity (Wildman–Crippen MR) is 144 cm³/mol. The SMILES string of the molecule is CCC(C)C(NC(=O)OC(C)(C)C)C(=O)N(CC)C(C(=O)Nc1ccccc1C)c1ccccc1C. The third-order valence-corrected chi connectivity index (χ3v) is 6.22. The van der Waals surface area contributed by atoms with E-state index in [2.05, 4.69) is 10.6 Å². The van der Waals surface area contributed by atoms with Crippen LogP contribution in [0.5, 0.6) is 0 Å².